The van der Waals surface area contributed by atoms with Crippen LogP contribution in [-0.4, -0.2) is 10.7 Å². The highest BCUT2D eigenvalue weighted by Gasteiger charge is 2.55. The van der Waals surface area contributed by atoms with Gasteiger partial charge >= 0.3 is 0 Å². The molecule has 82 valence electrons. The first-order chi connectivity index (χ1) is 6.77. The van der Waals surface area contributed by atoms with Gasteiger partial charge in [0, 0.05) is 0 Å². The Hall–Kier alpha value is -0.0400. The smallest absolute Gasteiger partial charge is 0.0708 e. The molecule has 0 amide bonds. The fraction of sp³-hybridized carbons (Fsp3) is 1.00. The van der Waals surface area contributed by atoms with E-state index >= 15 is 0 Å². The summed E-state index contributed by atoms with van der Waals surface area (Å²) in [6.45, 7) is 2.21. The average Bonchev–Trinajstić information content (AvgIpc) is 2.77. The molecule has 2 unspecified atom stereocenters. The van der Waals surface area contributed by atoms with Crippen molar-refractivity contribution in [2.45, 2.75) is 70.3 Å². The highest BCUT2D eigenvalue weighted by molar-refractivity contribution is 5.06. The van der Waals surface area contributed by atoms with Gasteiger partial charge in [-0.1, -0.05) is 45.4 Å². The van der Waals surface area contributed by atoms with Gasteiger partial charge in [0.2, 0.25) is 0 Å². The molecular formula is C13H24O. The second-order valence-corrected chi connectivity index (χ2v) is 5.34. The molecule has 2 aliphatic rings. The van der Waals surface area contributed by atoms with Crippen molar-refractivity contribution in [1.29, 1.82) is 0 Å². The van der Waals surface area contributed by atoms with Crippen molar-refractivity contribution in [2.75, 3.05) is 0 Å². The fourth-order valence-electron chi connectivity index (χ4n) is 3.29. The summed E-state index contributed by atoms with van der Waals surface area (Å²) in [5.41, 5.74) is -0.230. The van der Waals surface area contributed by atoms with Crippen molar-refractivity contribution in [3.05, 3.63) is 0 Å². The van der Waals surface area contributed by atoms with E-state index in [2.05, 4.69) is 6.92 Å². The lowest BCUT2D eigenvalue weighted by Crippen LogP contribution is -2.25. The Morgan fingerprint density at radius 2 is 1.64 bits per heavy atom. The SMILES string of the molecule is CCC1CC1(O)C1CCCCCCC1. The van der Waals surface area contributed by atoms with Gasteiger partial charge < -0.3 is 5.11 Å². The van der Waals surface area contributed by atoms with E-state index in [0.29, 0.717) is 11.8 Å². The summed E-state index contributed by atoms with van der Waals surface area (Å²) in [5, 5.41) is 10.4. The second kappa shape index (κ2) is 4.22. The molecule has 2 atom stereocenters. The lowest BCUT2D eigenvalue weighted by atomic mass is 9.84. The van der Waals surface area contributed by atoms with Crippen molar-refractivity contribution < 1.29 is 5.11 Å². The van der Waals surface area contributed by atoms with Gasteiger partial charge in [0.05, 0.1) is 5.60 Å². The molecule has 2 fully saturated rings. The molecule has 2 rings (SSSR count). The van der Waals surface area contributed by atoms with E-state index < -0.39 is 0 Å². The van der Waals surface area contributed by atoms with Gasteiger partial charge in [-0.05, 0) is 31.1 Å². The number of hydrogen-bond donors (Lipinski definition) is 1. The van der Waals surface area contributed by atoms with E-state index in [-0.39, 0.29) is 5.60 Å². The Bertz CT molecular complexity index is 182. The molecule has 0 saturated heterocycles. The summed E-state index contributed by atoms with van der Waals surface area (Å²) in [4.78, 5) is 0. The van der Waals surface area contributed by atoms with Crippen LogP contribution in [0.25, 0.3) is 0 Å². The van der Waals surface area contributed by atoms with E-state index in [1.54, 1.807) is 0 Å². The predicted octanol–water partition coefficient (Wildman–Crippen LogP) is 3.51. The average molecular weight is 196 g/mol. The zero-order valence-electron chi connectivity index (χ0n) is 9.47. The van der Waals surface area contributed by atoms with Gasteiger partial charge in [0.1, 0.15) is 0 Å². The molecule has 0 radical (unpaired) electrons. The predicted molar refractivity (Wildman–Crippen MR) is 59.2 cm³/mol. The molecule has 0 aromatic rings. The summed E-state index contributed by atoms with van der Waals surface area (Å²) in [6.07, 6.45) is 11.7. The molecule has 14 heavy (non-hydrogen) atoms. The molecule has 1 nitrogen and oxygen atoms in total. The van der Waals surface area contributed by atoms with Crippen molar-refractivity contribution in [2.24, 2.45) is 11.8 Å². The van der Waals surface area contributed by atoms with Crippen LogP contribution < -0.4 is 0 Å². The molecule has 2 aliphatic carbocycles. The maximum atomic E-state index is 10.4. The van der Waals surface area contributed by atoms with E-state index in [4.69, 9.17) is 0 Å². The van der Waals surface area contributed by atoms with Crippen LogP contribution in [0.4, 0.5) is 0 Å². The molecule has 0 aromatic carbocycles. The minimum absolute atomic E-state index is 0.230. The summed E-state index contributed by atoms with van der Waals surface area (Å²) in [5.74, 6) is 1.26. The Morgan fingerprint density at radius 1 is 1.07 bits per heavy atom. The first-order valence-corrected chi connectivity index (χ1v) is 6.49. The second-order valence-electron chi connectivity index (χ2n) is 5.34. The highest BCUT2D eigenvalue weighted by atomic mass is 16.3. The largest absolute Gasteiger partial charge is 0.389 e. The van der Waals surface area contributed by atoms with Crippen LogP contribution in [0, 0.1) is 11.8 Å². The van der Waals surface area contributed by atoms with Crippen LogP contribution in [0.2, 0.25) is 0 Å². The van der Waals surface area contributed by atoms with Gasteiger partial charge in [-0.25, -0.2) is 0 Å². The van der Waals surface area contributed by atoms with E-state index in [1.807, 2.05) is 0 Å². The third-order valence-electron chi connectivity index (χ3n) is 4.43. The lowest BCUT2D eigenvalue weighted by Gasteiger charge is -2.25. The topological polar surface area (TPSA) is 20.2 Å². The lowest BCUT2D eigenvalue weighted by molar-refractivity contribution is 0.0502. The first kappa shape index (κ1) is 10.5. The van der Waals surface area contributed by atoms with E-state index in [0.717, 1.165) is 6.42 Å². The standard InChI is InChI=1S/C13H24O/c1-2-11-10-13(11,14)12-8-6-4-3-5-7-9-12/h11-12,14H,2-10H2,1H3. The fourth-order valence-corrected chi connectivity index (χ4v) is 3.29. The van der Waals surface area contributed by atoms with Gasteiger partial charge in [0.25, 0.3) is 0 Å². The van der Waals surface area contributed by atoms with E-state index in [9.17, 15) is 5.11 Å². The van der Waals surface area contributed by atoms with Gasteiger partial charge in [-0.15, -0.1) is 0 Å². The Balaban J connectivity index is 1.89. The third-order valence-corrected chi connectivity index (χ3v) is 4.43. The molecule has 1 N–H and O–H groups in total. The van der Waals surface area contributed by atoms with Gasteiger partial charge in [-0.3, -0.25) is 0 Å². The first-order valence-electron chi connectivity index (χ1n) is 6.49. The van der Waals surface area contributed by atoms with Crippen molar-refractivity contribution >= 4 is 0 Å². The van der Waals surface area contributed by atoms with Crippen LogP contribution in [0.3, 0.4) is 0 Å². The van der Waals surface area contributed by atoms with Gasteiger partial charge in [0.15, 0.2) is 0 Å². The van der Waals surface area contributed by atoms with Crippen molar-refractivity contribution in [3.8, 4) is 0 Å². The number of hydrogen-bond acceptors (Lipinski definition) is 1. The molecule has 1 heteroatoms. The van der Waals surface area contributed by atoms with Crippen LogP contribution in [0.5, 0.6) is 0 Å². The zero-order valence-corrected chi connectivity index (χ0v) is 9.47. The Labute approximate surface area is 87.9 Å². The summed E-state index contributed by atoms with van der Waals surface area (Å²) < 4.78 is 0. The summed E-state index contributed by atoms with van der Waals surface area (Å²) in [7, 11) is 0. The number of rotatable bonds is 2. The molecule has 0 heterocycles. The monoisotopic (exact) mass is 196 g/mol. The molecule has 0 spiro atoms. The van der Waals surface area contributed by atoms with E-state index in [1.165, 1.54) is 51.4 Å². The van der Waals surface area contributed by atoms with Crippen LogP contribution in [-0.2, 0) is 0 Å². The molecule has 0 aliphatic heterocycles. The van der Waals surface area contributed by atoms with Crippen LogP contribution >= 0.6 is 0 Å². The normalized spacial score (nSPS) is 40.3. The van der Waals surface area contributed by atoms with Crippen LogP contribution in [0.15, 0.2) is 0 Å². The quantitative estimate of drug-likeness (QED) is 0.716. The van der Waals surface area contributed by atoms with Gasteiger partial charge in [-0.2, -0.15) is 0 Å². The molecule has 0 bridgehead atoms. The highest BCUT2D eigenvalue weighted by Crippen LogP contribution is 2.54. The third kappa shape index (κ3) is 1.98. The molecule has 0 aromatic heterocycles. The van der Waals surface area contributed by atoms with Crippen molar-refractivity contribution in [1.82, 2.24) is 0 Å². The Morgan fingerprint density at radius 3 is 2.14 bits per heavy atom. The van der Waals surface area contributed by atoms with Crippen molar-refractivity contribution in [3.63, 3.8) is 0 Å². The Kier molecular flexibility index (Phi) is 3.16. The zero-order chi connectivity index (χ0) is 10.0. The maximum absolute atomic E-state index is 10.4. The minimum Gasteiger partial charge on any atom is -0.389 e. The molecule has 2 saturated carbocycles. The van der Waals surface area contributed by atoms with Crippen LogP contribution in [0.1, 0.15) is 64.7 Å². The molecular weight excluding hydrogens is 172 g/mol. The summed E-state index contributed by atoms with van der Waals surface area (Å²) in [6, 6.07) is 0. The minimum atomic E-state index is -0.230. The maximum Gasteiger partial charge on any atom is 0.0708 e. The summed E-state index contributed by atoms with van der Waals surface area (Å²) >= 11 is 0. The number of aliphatic hydroxyl groups is 1.